The number of para-hydroxylation sites is 1. The summed E-state index contributed by atoms with van der Waals surface area (Å²) < 4.78 is 16.5. The number of benzene rings is 3. The van der Waals surface area contributed by atoms with E-state index in [0.29, 0.717) is 39.0 Å². The SMILES string of the molecule is COc1ccc(CN2C(=O)COc3c(Cl)cccc3C2C(=O)Nc2ccc(NO)cc2)c(OC)c1. The van der Waals surface area contributed by atoms with Gasteiger partial charge in [-0.25, -0.2) is 0 Å². The molecule has 4 rings (SSSR count). The highest BCUT2D eigenvalue weighted by Crippen LogP contribution is 2.39. The number of anilines is 2. The molecule has 0 spiro atoms. The van der Waals surface area contributed by atoms with Gasteiger partial charge < -0.3 is 24.4 Å². The molecule has 0 fully saturated rings. The first-order valence-electron chi connectivity index (χ1n) is 10.7. The Morgan fingerprint density at radius 2 is 1.86 bits per heavy atom. The smallest absolute Gasteiger partial charge is 0.261 e. The maximum Gasteiger partial charge on any atom is 0.261 e. The molecule has 3 aromatic rings. The van der Waals surface area contributed by atoms with Crippen molar-refractivity contribution in [1.82, 2.24) is 4.90 Å². The number of rotatable bonds is 7. The third-order valence-electron chi connectivity index (χ3n) is 5.63. The summed E-state index contributed by atoms with van der Waals surface area (Å²) in [5.41, 5.74) is 4.13. The molecule has 3 aromatic carbocycles. The van der Waals surface area contributed by atoms with Crippen LogP contribution in [0, 0.1) is 0 Å². The van der Waals surface area contributed by atoms with Crippen molar-refractivity contribution in [2.45, 2.75) is 12.6 Å². The second-order valence-electron chi connectivity index (χ2n) is 7.73. The molecule has 1 heterocycles. The van der Waals surface area contributed by atoms with Gasteiger partial charge in [-0.3, -0.25) is 20.3 Å². The molecule has 9 nitrogen and oxygen atoms in total. The van der Waals surface area contributed by atoms with Crippen LogP contribution in [0.3, 0.4) is 0 Å². The molecule has 1 aliphatic heterocycles. The summed E-state index contributed by atoms with van der Waals surface area (Å²) in [6.45, 7) is -0.206. The Morgan fingerprint density at radius 1 is 1.11 bits per heavy atom. The predicted molar refractivity (Wildman–Crippen MR) is 130 cm³/mol. The summed E-state index contributed by atoms with van der Waals surface area (Å²) in [7, 11) is 3.07. The fourth-order valence-electron chi connectivity index (χ4n) is 3.89. The summed E-state index contributed by atoms with van der Waals surface area (Å²) in [4.78, 5) is 28.3. The summed E-state index contributed by atoms with van der Waals surface area (Å²) in [5, 5.41) is 12.2. The highest BCUT2D eigenvalue weighted by atomic mass is 35.5. The predicted octanol–water partition coefficient (Wildman–Crippen LogP) is 4.26. The zero-order valence-electron chi connectivity index (χ0n) is 19.1. The van der Waals surface area contributed by atoms with Crippen molar-refractivity contribution in [3.8, 4) is 17.2 Å². The van der Waals surface area contributed by atoms with Crippen molar-refractivity contribution < 1.29 is 29.0 Å². The Bertz CT molecular complexity index is 1230. The van der Waals surface area contributed by atoms with Crippen LogP contribution in [0.2, 0.25) is 5.02 Å². The number of carbonyl (C=O) groups is 2. The van der Waals surface area contributed by atoms with Crippen LogP contribution in [-0.2, 0) is 16.1 Å². The Labute approximate surface area is 207 Å². The molecule has 0 aromatic heterocycles. The van der Waals surface area contributed by atoms with E-state index in [2.05, 4.69) is 5.32 Å². The number of carbonyl (C=O) groups excluding carboxylic acids is 2. The lowest BCUT2D eigenvalue weighted by molar-refractivity contribution is -0.140. The quantitative estimate of drug-likeness (QED) is 0.418. The van der Waals surface area contributed by atoms with Crippen LogP contribution in [-0.4, -0.2) is 42.7 Å². The lowest BCUT2D eigenvalue weighted by Crippen LogP contribution is -2.41. The maximum atomic E-state index is 13.6. The number of halogens is 1. The first kappa shape index (κ1) is 24.2. The van der Waals surface area contributed by atoms with Gasteiger partial charge >= 0.3 is 0 Å². The highest BCUT2D eigenvalue weighted by molar-refractivity contribution is 6.32. The van der Waals surface area contributed by atoms with Crippen LogP contribution >= 0.6 is 11.6 Å². The zero-order valence-corrected chi connectivity index (χ0v) is 19.8. The minimum atomic E-state index is -1.04. The number of fused-ring (bicyclic) bond motifs is 1. The van der Waals surface area contributed by atoms with Gasteiger partial charge in [0.25, 0.3) is 11.8 Å². The van der Waals surface area contributed by atoms with E-state index in [1.165, 1.54) is 12.0 Å². The summed E-state index contributed by atoms with van der Waals surface area (Å²) in [6.07, 6.45) is 0. The van der Waals surface area contributed by atoms with Gasteiger partial charge in [0.1, 0.15) is 23.3 Å². The summed E-state index contributed by atoms with van der Waals surface area (Å²) in [5.74, 6) is 0.551. The average Bonchev–Trinajstić information content (AvgIpc) is 3.01. The standard InChI is InChI=1S/C25H24ClN3O6/c1-33-18-11-6-15(21(12-18)34-2)13-29-22(30)14-35-24-19(4-3-5-20(24)26)23(29)25(31)27-16-7-9-17(28-32)10-8-16/h3-12,23,28,32H,13-14H2,1-2H3,(H,27,31). The Hall–Kier alpha value is -3.95. The average molecular weight is 498 g/mol. The molecule has 0 radical (unpaired) electrons. The monoisotopic (exact) mass is 497 g/mol. The first-order valence-corrected chi connectivity index (χ1v) is 11.1. The van der Waals surface area contributed by atoms with Gasteiger partial charge in [0, 0.05) is 22.9 Å². The molecule has 10 heteroatoms. The molecule has 0 aliphatic carbocycles. The van der Waals surface area contributed by atoms with E-state index in [4.69, 9.17) is 31.0 Å². The Morgan fingerprint density at radius 3 is 2.54 bits per heavy atom. The minimum absolute atomic E-state index is 0.0762. The van der Waals surface area contributed by atoms with Crippen LogP contribution in [0.25, 0.3) is 0 Å². The largest absolute Gasteiger partial charge is 0.497 e. The van der Waals surface area contributed by atoms with E-state index < -0.39 is 17.9 Å². The lowest BCUT2D eigenvalue weighted by Gasteiger charge is -2.30. The van der Waals surface area contributed by atoms with Crippen molar-refractivity contribution in [3.05, 3.63) is 76.8 Å². The number of hydrogen-bond acceptors (Lipinski definition) is 7. The van der Waals surface area contributed by atoms with Crippen molar-refractivity contribution in [2.75, 3.05) is 31.6 Å². The van der Waals surface area contributed by atoms with Crippen LogP contribution < -0.4 is 25.0 Å². The molecule has 2 amide bonds. The third kappa shape index (κ3) is 5.11. The van der Waals surface area contributed by atoms with E-state index in [-0.39, 0.29) is 18.9 Å². The van der Waals surface area contributed by atoms with Crippen LogP contribution in [0.15, 0.2) is 60.7 Å². The second-order valence-corrected chi connectivity index (χ2v) is 8.13. The van der Waals surface area contributed by atoms with Gasteiger partial charge in [0.2, 0.25) is 0 Å². The summed E-state index contributed by atoms with van der Waals surface area (Å²) in [6, 6.07) is 15.7. The fourth-order valence-corrected chi connectivity index (χ4v) is 4.13. The van der Waals surface area contributed by atoms with Crippen molar-refractivity contribution in [2.24, 2.45) is 0 Å². The topological polar surface area (TPSA) is 109 Å². The van der Waals surface area contributed by atoms with Gasteiger partial charge in [-0.1, -0.05) is 23.7 Å². The van der Waals surface area contributed by atoms with Crippen LogP contribution in [0.4, 0.5) is 11.4 Å². The van der Waals surface area contributed by atoms with E-state index >= 15 is 0 Å². The molecule has 0 saturated heterocycles. The normalized spacial score (nSPS) is 14.9. The van der Waals surface area contributed by atoms with Gasteiger partial charge in [-0.2, -0.15) is 0 Å². The van der Waals surface area contributed by atoms with Gasteiger partial charge in [-0.15, -0.1) is 0 Å². The number of nitrogens with zero attached hydrogens (tertiary/aromatic N) is 1. The number of methoxy groups -OCH3 is 2. The molecule has 1 unspecified atom stereocenters. The molecule has 1 aliphatic rings. The van der Waals surface area contributed by atoms with Crippen molar-refractivity contribution in [3.63, 3.8) is 0 Å². The second kappa shape index (κ2) is 10.5. The van der Waals surface area contributed by atoms with Crippen LogP contribution in [0.1, 0.15) is 17.2 Å². The number of hydrogen-bond donors (Lipinski definition) is 3. The van der Waals surface area contributed by atoms with E-state index in [1.54, 1.807) is 67.8 Å². The molecular formula is C25H24ClN3O6. The fraction of sp³-hybridized carbons (Fsp3) is 0.200. The zero-order chi connectivity index (χ0) is 24.9. The maximum absolute atomic E-state index is 13.6. The molecule has 0 bridgehead atoms. The Balaban J connectivity index is 1.75. The first-order chi connectivity index (χ1) is 16.9. The third-order valence-corrected chi connectivity index (χ3v) is 5.93. The van der Waals surface area contributed by atoms with Gasteiger partial charge in [-0.05, 0) is 42.5 Å². The van der Waals surface area contributed by atoms with Crippen molar-refractivity contribution in [1.29, 1.82) is 0 Å². The number of amides is 2. The van der Waals surface area contributed by atoms with E-state index in [9.17, 15) is 9.59 Å². The summed E-state index contributed by atoms with van der Waals surface area (Å²) >= 11 is 6.36. The van der Waals surface area contributed by atoms with Crippen molar-refractivity contribution >= 4 is 34.8 Å². The van der Waals surface area contributed by atoms with E-state index in [1.807, 2.05) is 5.48 Å². The van der Waals surface area contributed by atoms with Crippen LogP contribution in [0.5, 0.6) is 17.2 Å². The highest BCUT2D eigenvalue weighted by Gasteiger charge is 2.37. The van der Waals surface area contributed by atoms with Gasteiger partial charge in [0.05, 0.1) is 31.5 Å². The number of ether oxygens (including phenoxy) is 3. The minimum Gasteiger partial charge on any atom is -0.497 e. The molecule has 3 N–H and O–H groups in total. The van der Waals surface area contributed by atoms with Gasteiger partial charge in [0.15, 0.2) is 6.61 Å². The molecular weight excluding hydrogens is 474 g/mol. The number of nitrogens with one attached hydrogen (secondary N) is 2. The van der Waals surface area contributed by atoms with E-state index in [0.717, 1.165) is 0 Å². The molecule has 1 atom stereocenters. The lowest BCUT2D eigenvalue weighted by atomic mass is 10.0. The molecule has 0 saturated carbocycles. The molecule has 35 heavy (non-hydrogen) atoms. The molecule has 182 valence electrons. The Kier molecular flexibility index (Phi) is 7.28.